The zero-order valence-corrected chi connectivity index (χ0v) is 17.7. The Morgan fingerprint density at radius 3 is 2.90 bits per heavy atom. The number of hydrogen-bond acceptors (Lipinski definition) is 6. The molecule has 3 heterocycles. The molecular formula is C23H24ClN3O4. The molecule has 2 aliphatic rings. The predicted molar refractivity (Wildman–Crippen MR) is 116 cm³/mol. The van der Waals surface area contributed by atoms with E-state index in [0.29, 0.717) is 55.0 Å². The van der Waals surface area contributed by atoms with Crippen molar-refractivity contribution < 1.29 is 19.3 Å². The van der Waals surface area contributed by atoms with Crippen LogP contribution in [0.25, 0.3) is 5.69 Å². The molecule has 5 rings (SSSR count). The van der Waals surface area contributed by atoms with E-state index >= 15 is 0 Å². The number of nitrogens with zero attached hydrogens (tertiary/aromatic N) is 3. The van der Waals surface area contributed by atoms with Gasteiger partial charge in [0.2, 0.25) is 5.75 Å². The summed E-state index contributed by atoms with van der Waals surface area (Å²) in [5.74, 6) is 1.93. The van der Waals surface area contributed by atoms with Gasteiger partial charge in [-0.05, 0) is 36.8 Å². The maximum Gasteiger partial charge on any atom is 0.203 e. The molecule has 3 aromatic rings. The van der Waals surface area contributed by atoms with Gasteiger partial charge in [0.25, 0.3) is 0 Å². The third kappa shape index (κ3) is 4.49. The lowest BCUT2D eigenvalue weighted by Crippen LogP contribution is -2.48. The Kier molecular flexibility index (Phi) is 5.72. The smallest absolute Gasteiger partial charge is 0.203 e. The topological polar surface area (TPSA) is 69.0 Å². The molecule has 2 aliphatic heterocycles. The molecule has 0 unspecified atom stereocenters. The van der Waals surface area contributed by atoms with E-state index in [4.69, 9.17) is 25.8 Å². The fourth-order valence-corrected chi connectivity index (χ4v) is 4.20. The standard InChI is InChI=1S/C23H24ClN3O4/c24-17-3-1-4-18(11-17)27-14-16(12-25-27)13-26-8-7-20(19(28)15-26)31-22-6-2-5-21-23(22)30-10-9-29-21/h1-6,11-12,14,19-20,28H,7-10,13,15H2/t19-,20-/m1/s1. The largest absolute Gasteiger partial charge is 0.486 e. The summed E-state index contributed by atoms with van der Waals surface area (Å²) in [7, 11) is 0. The summed E-state index contributed by atoms with van der Waals surface area (Å²) < 4.78 is 19.3. The Balaban J connectivity index is 1.20. The average Bonchev–Trinajstić information content (AvgIpc) is 3.24. The molecule has 1 fully saturated rings. The van der Waals surface area contributed by atoms with Crippen molar-refractivity contribution in [2.24, 2.45) is 0 Å². The van der Waals surface area contributed by atoms with Crippen molar-refractivity contribution in [1.82, 2.24) is 14.7 Å². The first kappa shape index (κ1) is 20.2. The monoisotopic (exact) mass is 441 g/mol. The molecule has 162 valence electrons. The number of benzene rings is 2. The first-order chi connectivity index (χ1) is 15.2. The molecule has 0 radical (unpaired) electrons. The summed E-state index contributed by atoms with van der Waals surface area (Å²) in [6.45, 7) is 3.08. The summed E-state index contributed by atoms with van der Waals surface area (Å²) in [5, 5.41) is 15.8. The third-order valence-electron chi connectivity index (χ3n) is 5.53. The minimum Gasteiger partial charge on any atom is -0.486 e. The van der Waals surface area contributed by atoms with Crippen LogP contribution in [0.4, 0.5) is 0 Å². The van der Waals surface area contributed by atoms with Crippen LogP contribution in [0.1, 0.15) is 12.0 Å². The predicted octanol–water partition coefficient (Wildman–Crippen LogP) is 3.31. The highest BCUT2D eigenvalue weighted by atomic mass is 35.5. The lowest BCUT2D eigenvalue weighted by Gasteiger charge is -2.36. The van der Waals surface area contributed by atoms with Gasteiger partial charge in [-0.3, -0.25) is 4.90 Å². The highest BCUT2D eigenvalue weighted by molar-refractivity contribution is 6.30. The van der Waals surface area contributed by atoms with Gasteiger partial charge in [-0.1, -0.05) is 23.7 Å². The van der Waals surface area contributed by atoms with Crippen LogP contribution in [0, 0.1) is 0 Å². The number of halogens is 1. The molecule has 0 amide bonds. The Labute approximate surface area is 185 Å². The van der Waals surface area contributed by atoms with Crippen molar-refractivity contribution in [1.29, 1.82) is 0 Å². The third-order valence-corrected chi connectivity index (χ3v) is 5.76. The number of aliphatic hydroxyl groups excluding tert-OH is 1. The van der Waals surface area contributed by atoms with Gasteiger partial charge in [0.05, 0.1) is 11.9 Å². The molecule has 0 saturated carbocycles. The number of ether oxygens (including phenoxy) is 3. The van der Waals surface area contributed by atoms with Crippen LogP contribution in [-0.2, 0) is 6.54 Å². The molecule has 2 atom stereocenters. The Hall–Kier alpha value is -2.74. The maximum absolute atomic E-state index is 10.7. The van der Waals surface area contributed by atoms with Crippen molar-refractivity contribution in [3.8, 4) is 22.9 Å². The van der Waals surface area contributed by atoms with Gasteiger partial charge in [0, 0.05) is 36.4 Å². The second-order valence-corrected chi connectivity index (χ2v) is 8.24. The van der Waals surface area contributed by atoms with Crippen LogP contribution >= 0.6 is 11.6 Å². The van der Waals surface area contributed by atoms with Crippen molar-refractivity contribution in [2.45, 2.75) is 25.2 Å². The molecule has 0 bridgehead atoms. The number of rotatable bonds is 5. The minimum absolute atomic E-state index is 0.289. The van der Waals surface area contributed by atoms with E-state index in [1.807, 2.05) is 59.5 Å². The van der Waals surface area contributed by atoms with Gasteiger partial charge >= 0.3 is 0 Å². The first-order valence-corrected chi connectivity index (χ1v) is 10.8. The van der Waals surface area contributed by atoms with Crippen LogP contribution in [-0.4, -0.2) is 58.3 Å². The summed E-state index contributed by atoms with van der Waals surface area (Å²) in [6, 6.07) is 13.2. The van der Waals surface area contributed by atoms with Gasteiger partial charge < -0.3 is 19.3 Å². The van der Waals surface area contributed by atoms with Crippen LogP contribution < -0.4 is 14.2 Å². The minimum atomic E-state index is -0.600. The zero-order valence-electron chi connectivity index (χ0n) is 17.0. The number of piperidine rings is 1. The van der Waals surface area contributed by atoms with Crippen molar-refractivity contribution in [2.75, 3.05) is 26.3 Å². The van der Waals surface area contributed by atoms with E-state index in [2.05, 4.69) is 10.00 Å². The summed E-state index contributed by atoms with van der Waals surface area (Å²) >= 11 is 6.08. The van der Waals surface area contributed by atoms with Gasteiger partial charge in [0.1, 0.15) is 25.4 Å². The summed E-state index contributed by atoms with van der Waals surface area (Å²) in [6.07, 6.45) is 3.67. The van der Waals surface area contributed by atoms with Crippen LogP contribution in [0.3, 0.4) is 0 Å². The first-order valence-electron chi connectivity index (χ1n) is 10.4. The molecule has 0 aliphatic carbocycles. The second kappa shape index (κ2) is 8.78. The SMILES string of the molecule is O[C@@H]1CN(Cc2cnn(-c3cccc(Cl)c3)c2)CC[C@H]1Oc1cccc2c1OCCO2. The van der Waals surface area contributed by atoms with Crippen LogP contribution in [0.2, 0.25) is 5.02 Å². The van der Waals surface area contributed by atoms with E-state index in [9.17, 15) is 5.11 Å². The van der Waals surface area contributed by atoms with Gasteiger partial charge in [-0.15, -0.1) is 0 Å². The number of β-amino-alcohol motifs (C(OH)–C–C–N with tert-alkyl or cyclic N) is 1. The number of fused-ring (bicyclic) bond motifs is 1. The van der Waals surface area contributed by atoms with Crippen molar-refractivity contribution >= 4 is 11.6 Å². The summed E-state index contributed by atoms with van der Waals surface area (Å²) in [5.41, 5.74) is 2.00. The molecule has 0 spiro atoms. The lowest BCUT2D eigenvalue weighted by molar-refractivity contribution is -0.0290. The molecule has 31 heavy (non-hydrogen) atoms. The average molecular weight is 442 g/mol. The summed E-state index contributed by atoms with van der Waals surface area (Å²) in [4.78, 5) is 2.21. The normalized spacial score (nSPS) is 21.1. The molecular weight excluding hydrogens is 418 g/mol. The Bertz CT molecular complexity index is 1060. The fraction of sp³-hybridized carbons (Fsp3) is 0.348. The Morgan fingerprint density at radius 1 is 1.16 bits per heavy atom. The highest BCUT2D eigenvalue weighted by Gasteiger charge is 2.31. The zero-order chi connectivity index (χ0) is 21.2. The van der Waals surface area contributed by atoms with Crippen LogP contribution in [0.15, 0.2) is 54.9 Å². The molecule has 7 nitrogen and oxygen atoms in total. The molecule has 8 heteroatoms. The second-order valence-electron chi connectivity index (χ2n) is 7.80. The van der Waals surface area contributed by atoms with Crippen molar-refractivity contribution in [3.05, 3.63) is 65.4 Å². The molecule has 1 aromatic heterocycles. The fourth-order valence-electron chi connectivity index (χ4n) is 4.02. The lowest BCUT2D eigenvalue weighted by atomic mass is 10.0. The van der Waals surface area contributed by atoms with E-state index < -0.39 is 6.10 Å². The molecule has 1 saturated heterocycles. The van der Waals surface area contributed by atoms with E-state index in [1.54, 1.807) is 0 Å². The number of hydrogen-bond donors (Lipinski definition) is 1. The van der Waals surface area contributed by atoms with E-state index in [0.717, 1.165) is 17.8 Å². The van der Waals surface area contributed by atoms with Gasteiger partial charge in [-0.2, -0.15) is 5.10 Å². The molecule has 2 aromatic carbocycles. The highest BCUT2D eigenvalue weighted by Crippen LogP contribution is 2.40. The quantitative estimate of drug-likeness (QED) is 0.655. The van der Waals surface area contributed by atoms with Gasteiger partial charge in [-0.25, -0.2) is 4.68 Å². The van der Waals surface area contributed by atoms with E-state index in [1.165, 1.54) is 0 Å². The Morgan fingerprint density at radius 2 is 2.03 bits per heavy atom. The van der Waals surface area contributed by atoms with Crippen molar-refractivity contribution in [3.63, 3.8) is 0 Å². The number of aliphatic hydroxyl groups is 1. The number of aromatic nitrogens is 2. The van der Waals surface area contributed by atoms with E-state index in [-0.39, 0.29) is 6.10 Å². The molecule has 1 N–H and O–H groups in total. The number of likely N-dealkylation sites (tertiary alicyclic amines) is 1. The maximum atomic E-state index is 10.7. The van der Waals surface area contributed by atoms with Gasteiger partial charge in [0.15, 0.2) is 11.5 Å². The van der Waals surface area contributed by atoms with Crippen LogP contribution in [0.5, 0.6) is 17.2 Å². The number of para-hydroxylation sites is 1.